The molecule has 0 bridgehead atoms. The molecule has 0 saturated carbocycles. The quantitative estimate of drug-likeness (QED) is 0.267. The second-order valence-electron chi connectivity index (χ2n) is 8.29. The van der Waals surface area contributed by atoms with E-state index in [9.17, 15) is 4.79 Å². The first-order valence-corrected chi connectivity index (χ1v) is 12.5. The predicted octanol–water partition coefficient (Wildman–Crippen LogP) is 6.76. The maximum Gasteiger partial charge on any atom is 0.416 e. The van der Waals surface area contributed by atoms with E-state index in [1.807, 2.05) is 54.6 Å². The van der Waals surface area contributed by atoms with E-state index in [1.54, 1.807) is 24.1 Å². The van der Waals surface area contributed by atoms with Gasteiger partial charge in [-0.05, 0) is 72.1 Å². The fraction of sp³-hybridized carbons (Fsp3) is 0.222. The molecule has 0 aliphatic carbocycles. The normalized spacial score (nSPS) is 15.2. The number of benzene rings is 3. The Balaban J connectivity index is 1.51. The molecule has 1 aliphatic heterocycles. The van der Waals surface area contributed by atoms with E-state index in [4.69, 9.17) is 25.8 Å². The maximum atomic E-state index is 13.4. The number of nitrogens with zero attached hydrogens (tertiary/aromatic N) is 1. The van der Waals surface area contributed by atoms with Crippen molar-refractivity contribution < 1.29 is 19.0 Å². The van der Waals surface area contributed by atoms with Gasteiger partial charge in [-0.2, -0.15) is 0 Å². The van der Waals surface area contributed by atoms with Crippen LogP contribution in [0.5, 0.6) is 11.5 Å². The molecule has 6 nitrogen and oxygen atoms in total. The second kappa shape index (κ2) is 10.3. The van der Waals surface area contributed by atoms with Crippen LogP contribution in [-0.4, -0.2) is 42.8 Å². The summed E-state index contributed by atoms with van der Waals surface area (Å²) < 4.78 is 17.5. The third-order valence-electron chi connectivity index (χ3n) is 6.09. The lowest BCUT2D eigenvalue weighted by molar-refractivity contribution is 0.135. The number of H-pyrrole nitrogens is 1. The summed E-state index contributed by atoms with van der Waals surface area (Å²) in [5.74, 6) is 1.24. The van der Waals surface area contributed by atoms with Crippen LogP contribution in [0.1, 0.15) is 22.9 Å². The lowest BCUT2D eigenvalue weighted by Gasteiger charge is -2.35. The number of aromatic amines is 1. The van der Waals surface area contributed by atoms with Gasteiger partial charge in [0.2, 0.25) is 0 Å². The van der Waals surface area contributed by atoms with Gasteiger partial charge < -0.3 is 19.2 Å². The average Bonchev–Trinajstić information content (AvgIpc) is 3.23. The number of amides is 1. The topological polar surface area (TPSA) is 63.8 Å². The molecular weight excluding hydrogens is 532 g/mol. The first-order valence-electron chi connectivity index (χ1n) is 11.3. The fourth-order valence-corrected chi connectivity index (χ4v) is 4.89. The van der Waals surface area contributed by atoms with E-state index >= 15 is 0 Å². The highest BCUT2D eigenvalue weighted by molar-refractivity contribution is 9.10. The molecule has 0 saturated heterocycles. The molecule has 1 aliphatic rings. The zero-order chi connectivity index (χ0) is 24.4. The van der Waals surface area contributed by atoms with Crippen molar-refractivity contribution in [3.8, 4) is 11.5 Å². The van der Waals surface area contributed by atoms with Crippen LogP contribution in [0.2, 0.25) is 5.02 Å². The number of aromatic nitrogens is 1. The van der Waals surface area contributed by atoms with Crippen molar-refractivity contribution in [3.05, 3.63) is 93.0 Å². The summed E-state index contributed by atoms with van der Waals surface area (Å²) >= 11 is 9.71. The summed E-state index contributed by atoms with van der Waals surface area (Å²) in [6, 6.07) is 20.5. The second-order valence-corrected chi connectivity index (χ2v) is 9.64. The van der Waals surface area contributed by atoms with Gasteiger partial charge in [-0.25, -0.2) is 4.79 Å². The first kappa shape index (κ1) is 23.7. The number of halogens is 2. The Kier molecular flexibility index (Phi) is 7.00. The van der Waals surface area contributed by atoms with Crippen molar-refractivity contribution in [2.75, 3.05) is 26.9 Å². The highest BCUT2D eigenvalue weighted by atomic mass is 79.9. The molecule has 180 valence electrons. The number of rotatable bonds is 6. The molecule has 1 aromatic heterocycles. The molecule has 8 heteroatoms. The van der Waals surface area contributed by atoms with E-state index in [0.717, 1.165) is 32.4 Å². The minimum absolute atomic E-state index is 0.346. The number of carbonyl (C=O) groups is 1. The number of hydrogen-bond acceptors (Lipinski definition) is 4. The fourth-order valence-electron chi connectivity index (χ4n) is 4.46. The zero-order valence-corrected chi connectivity index (χ0v) is 21.4. The molecular formula is C27H24BrClN2O4. The lowest BCUT2D eigenvalue weighted by atomic mass is 9.92. The maximum absolute atomic E-state index is 13.4. The molecule has 35 heavy (non-hydrogen) atoms. The van der Waals surface area contributed by atoms with Crippen LogP contribution in [0.15, 0.2) is 71.2 Å². The molecule has 5 rings (SSSR count). The third-order valence-corrected chi connectivity index (χ3v) is 6.86. The molecule has 0 radical (unpaired) electrons. The molecule has 3 aromatic carbocycles. The Bertz CT molecular complexity index is 1340. The Labute approximate surface area is 216 Å². The van der Waals surface area contributed by atoms with E-state index in [0.29, 0.717) is 37.0 Å². The van der Waals surface area contributed by atoms with Gasteiger partial charge in [-0.15, -0.1) is 0 Å². The summed E-state index contributed by atoms with van der Waals surface area (Å²) in [7, 11) is 1.64. The Morgan fingerprint density at radius 1 is 1.06 bits per heavy atom. The molecule has 4 aromatic rings. The third kappa shape index (κ3) is 5.03. The Morgan fingerprint density at radius 2 is 1.80 bits per heavy atom. The van der Waals surface area contributed by atoms with Crippen molar-refractivity contribution in [2.24, 2.45) is 0 Å². The van der Waals surface area contributed by atoms with Crippen LogP contribution >= 0.6 is 27.5 Å². The summed E-state index contributed by atoms with van der Waals surface area (Å²) in [5.41, 5.74) is 4.08. The number of nitrogens with one attached hydrogen (secondary N) is 1. The van der Waals surface area contributed by atoms with Crippen LogP contribution in [0.4, 0.5) is 4.79 Å². The van der Waals surface area contributed by atoms with Gasteiger partial charge in [0, 0.05) is 39.7 Å². The Morgan fingerprint density at radius 3 is 2.54 bits per heavy atom. The number of ether oxygens (including phenoxy) is 3. The largest absolute Gasteiger partial charge is 0.491 e. The van der Waals surface area contributed by atoms with Crippen molar-refractivity contribution in [1.29, 1.82) is 0 Å². The number of methoxy groups -OCH3 is 1. The molecule has 2 heterocycles. The standard InChI is InChI=1S/C27H24BrClN2O4/c1-33-14-15-34-20-7-2-17(3-8-20)26-25-22(23-16-19(29)6-11-24(23)30-25)12-13-31(26)27(32)35-21-9-4-18(28)5-10-21/h2-11,16,26,30H,12-15H2,1H3. The van der Waals surface area contributed by atoms with Crippen LogP contribution in [0.3, 0.4) is 0 Å². The van der Waals surface area contributed by atoms with Crippen molar-refractivity contribution in [2.45, 2.75) is 12.5 Å². The lowest BCUT2D eigenvalue weighted by Crippen LogP contribution is -2.42. The SMILES string of the molecule is COCCOc1ccc(C2c3[nH]c4ccc(Cl)cc4c3CCN2C(=O)Oc2ccc(Br)cc2)cc1. The molecule has 1 amide bonds. The van der Waals surface area contributed by atoms with Crippen LogP contribution in [-0.2, 0) is 11.2 Å². The van der Waals surface area contributed by atoms with Gasteiger partial charge in [0.1, 0.15) is 24.1 Å². The molecule has 0 fully saturated rings. The van der Waals surface area contributed by atoms with Crippen LogP contribution in [0, 0.1) is 0 Å². The van der Waals surface area contributed by atoms with Gasteiger partial charge in [0.15, 0.2) is 0 Å². The summed E-state index contributed by atoms with van der Waals surface area (Å²) in [6.45, 7) is 1.50. The average molecular weight is 556 g/mol. The van der Waals surface area contributed by atoms with E-state index in [1.165, 1.54) is 5.56 Å². The minimum atomic E-state index is -0.403. The summed E-state index contributed by atoms with van der Waals surface area (Å²) in [6.07, 6.45) is 0.292. The monoisotopic (exact) mass is 554 g/mol. The highest BCUT2D eigenvalue weighted by Gasteiger charge is 2.35. The molecule has 1 unspecified atom stereocenters. The van der Waals surface area contributed by atoms with Gasteiger partial charge in [-0.1, -0.05) is 39.7 Å². The first-order chi connectivity index (χ1) is 17.0. The zero-order valence-electron chi connectivity index (χ0n) is 19.1. The smallest absolute Gasteiger partial charge is 0.416 e. The summed E-state index contributed by atoms with van der Waals surface area (Å²) in [4.78, 5) is 18.7. The Hall–Kier alpha value is -3.00. The highest BCUT2D eigenvalue weighted by Crippen LogP contribution is 2.40. The molecule has 0 spiro atoms. The van der Waals surface area contributed by atoms with Crippen LogP contribution < -0.4 is 9.47 Å². The molecule has 1 atom stereocenters. The number of carbonyl (C=O) groups excluding carboxylic acids is 1. The van der Waals surface area contributed by atoms with Gasteiger partial charge in [0.25, 0.3) is 0 Å². The van der Waals surface area contributed by atoms with Gasteiger partial charge >= 0.3 is 6.09 Å². The number of hydrogen-bond donors (Lipinski definition) is 1. The van der Waals surface area contributed by atoms with Crippen molar-refractivity contribution in [3.63, 3.8) is 0 Å². The van der Waals surface area contributed by atoms with Crippen molar-refractivity contribution in [1.82, 2.24) is 9.88 Å². The van der Waals surface area contributed by atoms with Crippen molar-refractivity contribution >= 4 is 44.5 Å². The number of fused-ring (bicyclic) bond motifs is 3. The minimum Gasteiger partial charge on any atom is -0.491 e. The predicted molar refractivity (Wildman–Crippen MR) is 140 cm³/mol. The van der Waals surface area contributed by atoms with E-state index in [-0.39, 0.29) is 6.04 Å². The molecule has 1 N–H and O–H groups in total. The van der Waals surface area contributed by atoms with E-state index < -0.39 is 6.09 Å². The summed E-state index contributed by atoms with van der Waals surface area (Å²) in [5, 5.41) is 1.77. The van der Waals surface area contributed by atoms with Crippen LogP contribution in [0.25, 0.3) is 10.9 Å². The van der Waals surface area contributed by atoms with Gasteiger partial charge in [0.05, 0.1) is 6.61 Å². The van der Waals surface area contributed by atoms with E-state index in [2.05, 4.69) is 20.9 Å². The van der Waals surface area contributed by atoms with Gasteiger partial charge in [-0.3, -0.25) is 4.90 Å².